The summed E-state index contributed by atoms with van der Waals surface area (Å²) in [4.78, 5) is 19.1. The molecule has 3 rings (SSSR count). The number of morpholine rings is 1. The lowest BCUT2D eigenvalue weighted by Gasteiger charge is -2.43. The van der Waals surface area contributed by atoms with Crippen molar-refractivity contribution in [2.24, 2.45) is 0 Å². The normalized spacial score (nSPS) is 24.7. The van der Waals surface area contributed by atoms with Crippen molar-refractivity contribution < 1.29 is 14.3 Å². The third-order valence-corrected chi connectivity index (χ3v) is 5.87. The van der Waals surface area contributed by atoms with Crippen LogP contribution in [0.1, 0.15) is 23.7 Å². The lowest BCUT2D eigenvalue weighted by molar-refractivity contribution is -0.0129. The summed E-state index contributed by atoms with van der Waals surface area (Å²) in [5, 5.41) is 3.11. The standard InChI is InChI=1S/C17H25N3O3S/c1-2-23-15-4-3-14(11-18-15)16(21)19-12-17(5-10-24-13-17)20-6-8-22-9-7-20/h3-4,11H,2,5-10,12-13H2,1H3,(H,19,21)/t17-/m1/s1. The van der Waals surface area contributed by atoms with Crippen molar-refractivity contribution in [1.29, 1.82) is 0 Å². The molecule has 0 radical (unpaired) electrons. The fourth-order valence-electron chi connectivity index (χ4n) is 3.23. The molecule has 0 aliphatic carbocycles. The molecule has 0 spiro atoms. The SMILES string of the molecule is CCOc1ccc(C(=O)NC[C@]2(N3CCOCC3)CCSC2)cn1. The van der Waals surface area contributed by atoms with E-state index in [1.54, 1.807) is 18.3 Å². The van der Waals surface area contributed by atoms with Crippen molar-refractivity contribution >= 4 is 17.7 Å². The van der Waals surface area contributed by atoms with E-state index >= 15 is 0 Å². The molecule has 1 aromatic heterocycles. The Balaban J connectivity index is 1.60. The van der Waals surface area contributed by atoms with Crippen molar-refractivity contribution in [2.45, 2.75) is 18.9 Å². The highest BCUT2D eigenvalue weighted by atomic mass is 32.2. The number of pyridine rings is 1. The highest BCUT2D eigenvalue weighted by molar-refractivity contribution is 7.99. The molecule has 2 saturated heterocycles. The molecule has 0 saturated carbocycles. The predicted molar refractivity (Wildman–Crippen MR) is 94.8 cm³/mol. The summed E-state index contributed by atoms with van der Waals surface area (Å²) in [6, 6.07) is 3.50. The summed E-state index contributed by atoms with van der Waals surface area (Å²) < 4.78 is 10.8. The second kappa shape index (κ2) is 8.18. The molecule has 2 fully saturated rings. The van der Waals surface area contributed by atoms with Crippen molar-refractivity contribution in [3.8, 4) is 5.88 Å². The van der Waals surface area contributed by atoms with Gasteiger partial charge in [0.05, 0.1) is 25.4 Å². The van der Waals surface area contributed by atoms with E-state index in [1.807, 2.05) is 18.7 Å². The van der Waals surface area contributed by atoms with Crippen molar-refractivity contribution in [3.63, 3.8) is 0 Å². The van der Waals surface area contributed by atoms with E-state index in [9.17, 15) is 4.79 Å². The molecule has 132 valence electrons. The first kappa shape index (κ1) is 17.5. The number of nitrogens with zero attached hydrogens (tertiary/aromatic N) is 2. The number of hydrogen-bond acceptors (Lipinski definition) is 6. The van der Waals surface area contributed by atoms with Crippen LogP contribution in [0.15, 0.2) is 18.3 Å². The molecule has 1 N–H and O–H groups in total. The quantitative estimate of drug-likeness (QED) is 0.836. The van der Waals surface area contributed by atoms with Crippen LogP contribution in [0.4, 0.5) is 0 Å². The number of aromatic nitrogens is 1. The molecule has 1 amide bonds. The first-order valence-electron chi connectivity index (χ1n) is 8.51. The van der Waals surface area contributed by atoms with Gasteiger partial charge in [-0.2, -0.15) is 11.8 Å². The molecule has 7 heteroatoms. The maximum absolute atomic E-state index is 12.5. The highest BCUT2D eigenvalue weighted by Crippen LogP contribution is 2.33. The average molecular weight is 351 g/mol. The second-order valence-corrected chi connectivity index (χ2v) is 7.23. The zero-order valence-corrected chi connectivity index (χ0v) is 14.9. The number of nitrogens with one attached hydrogen (secondary N) is 1. The first-order valence-corrected chi connectivity index (χ1v) is 9.66. The van der Waals surface area contributed by atoms with Crippen LogP contribution >= 0.6 is 11.8 Å². The van der Waals surface area contributed by atoms with Gasteiger partial charge in [-0.05, 0) is 25.2 Å². The van der Waals surface area contributed by atoms with Gasteiger partial charge in [0.1, 0.15) is 0 Å². The maximum atomic E-state index is 12.5. The first-order chi connectivity index (χ1) is 11.7. The van der Waals surface area contributed by atoms with E-state index < -0.39 is 0 Å². The monoisotopic (exact) mass is 351 g/mol. The Morgan fingerprint density at radius 3 is 2.92 bits per heavy atom. The van der Waals surface area contributed by atoms with E-state index in [2.05, 4.69) is 15.2 Å². The van der Waals surface area contributed by atoms with Crippen LogP contribution in [-0.2, 0) is 4.74 Å². The predicted octanol–water partition coefficient (Wildman–Crippen LogP) is 1.42. The van der Waals surface area contributed by atoms with Crippen molar-refractivity contribution in [2.75, 3.05) is 51.0 Å². The molecule has 1 aromatic rings. The summed E-state index contributed by atoms with van der Waals surface area (Å²) in [5.41, 5.74) is 0.629. The molecule has 6 nitrogen and oxygen atoms in total. The largest absolute Gasteiger partial charge is 0.478 e. The lowest BCUT2D eigenvalue weighted by atomic mass is 9.95. The number of hydrogen-bond donors (Lipinski definition) is 1. The Labute approximate surface area is 147 Å². The Hall–Kier alpha value is -1.31. The van der Waals surface area contributed by atoms with Crippen molar-refractivity contribution in [1.82, 2.24) is 15.2 Å². The summed E-state index contributed by atoms with van der Waals surface area (Å²) in [5.74, 6) is 2.69. The molecule has 2 aliphatic heterocycles. The Kier molecular flexibility index (Phi) is 5.97. The summed E-state index contributed by atoms with van der Waals surface area (Å²) in [6.45, 7) is 6.60. The van der Waals surface area contributed by atoms with Gasteiger partial charge in [-0.3, -0.25) is 9.69 Å². The van der Waals surface area contributed by atoms with Crippen LogP contribution in [0.5, 0.6) is 5.88 Å². The van der Waals surface area contributed by atoms with Crippen LogP contribution in [0.2, 0.25) is 0 Å². The molecule has 24 heavy (non-hydrogen) atoms. The zero-order valence-electron chi connectivity index (χ0n) is 14.1. The van der Waals surface area contributed by atoms with Gasteiger partial charge >= 0.3 is 0 Å². The van der Waals surface area contributed by atoms with Crippen LogP contribution in [-0.4, -0.2) is 72.3 Å². The fraction of sp³-hybridized carbons (Fsp3) is 0.647. The van der Waals surface area contributed by atoms with E-state index in [1.165, 1.54) is 0 Å². The molecular formula is C17H25N3O3S. The maximum Gasteiger partial charge on any atom is 0.252 e. The minimum absolute atomic E-state index is 0.0583. The zero-order chi connectivity index (χ0) is 16.8. The van der Waals surface area contributed by atoms with Gasteiger partial charge in [0.15, 0.2) is 0 Å². The number of amides is 1. The Morgan fingerprint density at radius 1 is 1.46 bits per heavy atom. The Morgan fingerprint density at radius 2 is 2.29 bits per heavy atom. The Bertz CT molecular complexity index is 541. The minimum atomic E-state index is -0.0740. The summed E-state index contributed by atoms with van der Waals surface area (Å²) in [6.07, 6.45) is 2.69. The molecule has 1 atom stereocenters. The molecular weight excluding hydrogens is 326 g/mol. The lowest BCUT2D eigenvalue weighted by Crippen LogP contribution is -2.59. The van der Waals surface area contributed by atoms with E-state index in [-0.39, 0.29) is 11.4 Å². The van der Waals surface area contributed by atoms with Gasteiger partial charge in [-0.1, -0.05) is 0 Å². The third-order valence-electron chi connectivity index (χ3n) is 4.63. The second-order valence-electron chi connectivity index (χ2n) is 6.13. The van der Waals surface area contributed by atoms with E-state index in [0.29, 0.717) is 24.6 Å². The van der Waals surface area contributed by atoms with Gasteiger partial charge in [0.2, 0.25) is 5.88 Å². The number of carbonyl (C=O) groups is 1. The average Bonchev–Trinajstić information content (AvgIpc) is 3.12. The molecule has 0 unspecified atom stereocenters. The van der Waals surface area contributed by atoms with E-state index in [4.69, 9.17) is 9.47 Å². The fourth-order valence-corrected chi connectivity index (χ4v) is 4.71. The summed E-state index contributed by atoms with van der Waals surface area (Å²) >= 11 is 1.97. The van der Waals surface area contributed by atoms with E-state index in [0.717, 1.165) is 44.2 Å². The van der Waals surface area contributed by atoms with Crippen LogP contribution < -0.4 is 10.1 Å². The number of thioether (sulfide) groups is 1. The molecule has 0 bridgehead atoms. The van der Waals surface area contributed by atoms with Gasteiger partial charge in [0, 0.05) is 43.2 Å². The molecule has 3 heterocycles. The topological polar surface area (TPSA) is 63.7 Å². The van der Waals surface area contributed by atoms with Crippen molar-refractivity contribution in [3.05, 3.63) is 23.9 Å². The molecule has 0 aromatic carbocycles. The minimum Gasteiger partial charge on any atom is -0.478 e. The third kappa shape index (κ3) is 4.02. The molecule has 2 aliphatic rings. The number of rotatable bonds is 6. The van der Waals surface area contributed by atoms with Crippen LogP contribution in [0.25, 0.3) is 0 Å². The smallest absolute Gasteiger partial charge is 0.252 e. The van der Waals surface area contributed by atoms with Gasteiger partial charge in [-0.15, -0.1) is 0 Å². The summed E-state index contributed by atoms with van der Waals surface area (Å²) in [7, 11) is 0. The van der Waals surface area contributed by atoms with Gasteiger partial charge in [-0.25, -0.2) is 4.98 Å². The van der Waals surface area contributed by atoms with Gasteiger partial charge < -0.3 is 14.8 Å². The van der Waals surface area contributed by atoms with Gasteiger partial charge in [0.25, 0.3) is 5.91 Å². The highest BCUT2D eigenvalue weighted by Gasteiger charge is 2.40. The number of ether oxygens (including phenoxy) is 2. The van der Waals surface area contributed by atoms with Crippen LogP contribution in [0, 0.1) is 0 Å². The number of carbonyl (C=O) groups excluding carboxylic acids is 1. The van der Waals surface area contributed by atoms with Crippen LogP contribution in [0.3, 0.4) is 0 Å².